The van der Waals surface area contributed by atoms with E-state index in [9.17, 15) is 0 Å². The van der Waals surface area contributed by atoms with Crippen LogP contribution in [-0.2, 0) is 0 Å². The molecule has 1 heteroatoms. The zero-order valence-electron chi connectivity index (χ0n) is 10.3. The minimum absolute atomic E-state index is 1.26. The van der Waals surface area contributed by atoms with Gasteiger partial charge >= 0.3 is 0 Å². The Bertz CT molecular complexity index is 857. The lowest BCUT2D eigenvalue weighted by molar-refractivity contribution is 1.67. The number of hydrogen-bond donors (Lipinski definition) is 0. The molecule has 4 rings (SSSR count). The SMILES string of the molecule is [c]1cc(-c2ccccc2)c2c(c1)sc1ccccc12. The third kappa shape index (κ3) is 1.66. The molecule has 0 saturated carbocycles. The van der Waals surface area contributed by atoms with Gasteiger partial charge in [0.2, 0.25) is 0 Å². The number of fused-ring (bicyclic) bond motifs is 3. The number of rotatable bonds is 1. The normalized spacial score (nSPS) is 11.2. The highest BCUT2D eigenvalue weighted by atomic mass is 32.1. The zero-order valence-corrected chi connectivity index (χ0v) is 11.1. The first-order valence-corrected chi connectivity index (χ1v) is 7.12. The predicted octanol–water partition coefficient (Wildman–Crippen LogP) is 5.52. The van der Waals surface area contributed by atoms with Gasteiger partial charge in [0, 0.05) is 20.2 Å². The maximum absolute atomic E-state index is 3.27. The minimum atomic E-state index is 1.26. The Kier molecular flexibility index (Phi) is 2.39. The Morgan fingerprint density at radius 3 is 2.42 bits per heavy atom. The second kappa shape index (κ2) is 4.22. The standard InChI is InChI=1S/C18H11S/c1-2-7-13(8-3-1)14-10-6-12-17-18(14)15-9-4-5-11-16(15)19-17/h1-5,7-12H. The molecule has 0 saturated heterocycles. The van der Waals surface area contributed by atoms with Crippen molar-refractivity contribution >= 4 is 31.5 Å². The van der Waals surface area contributed by atoms with Crippen molar-refractivity contribution in [3.05, 3.63) is 72.8 Å². The summed E-state index contributed by atoms with van der Waals surface area (Å²) in [6.07, 6.45) is 0. The van der Waals surface area contributed by atoms with E-state index in [-0.39, 0.29) is 0 Å². The van der Waals surface area contributed by atoms with Crippen LogP contribution in [0.1, 0.15) is 0 Å². The first kappa shape index (κ1) is 10.8. The molecule has 0 aliphatic carbocycles. The fraction of sp³-hybridized carbons (Fsp3) is 0. The molecule has 1 aromatic heterocycles. The summed E-state index contributed by atoms with van der Waals surface area (Å²) in [5.74, 6) is 0. The highest BCUT2D eigenvalue weighted by Gasteiger charge is 2.09. The molecule has 0 aliphatic rings. The van der Waals surface area contributed by atoms with Gasteiger partial charge in [-0.25, -0.2) is 0 Å². The summed E-state index contributed by atoms with van der Waals surface area (Å²) in [6.45, 7) is 0. The van der Waals surface area contributed by atoms with E-state index in [1.165, 1.54) is 31.3 Å². The molecule has 1 heterocycles. The van der Waals surface area contributed by atoms with Crippen molar-refractivity contribution in [2.45, 2.75) is 0 Å². The summed E-state index contributed by atoms with van der Waals surface area (Å²) in [5.41, 5.74) is 2.53. The lowest BCUT2D eigenvalue weighted by Gasteiger charge is -2.03. The van der Waals surface area contributed by atoms with E-state index in [2.05, 4.69) is 72.8 Å². The first-order chi connectivity index (χ1) is 9.43. The van der Waals surface area contributed by atoms with E-state index >= 15 is 0 Å². The van der Waals surface area contributed by atoms with E-state index in [1.807, 2.05) is 11.3 Å². The van der Waals surface area contributed by atoms with Crippen LogP contribution in [0.25, 0.3) is 31.3 Å². The molecule has 0 N–H and O–H groups in total. The fourth-order valence-corrected chi connectivity index (χ4v) is 3.67. The zero-order chi connectivity index (χ0) is 12.7. The minimum Gasteiger partial charge on any atom is -0.135 e. The van der Waals surface area contributed by atoms with Gasteiger partial charge in [0.05, 0.1) is 0 Å². The number of benzene rings is 3. The summed E-state index contributed by atoms with van der Waals surface area (Å²) < 4.78 is 2.65. The largest absolute Gasteiger partial charge is 0.135 e. The van der Waals surface area contributed by atoms with Crippen molar-refractivity contribution in [1.29, 1.82) is 0 Å². The van der Waals surface area contributed by atoms with Gasteiger partial charge in [-0.1, -0.05) is 48.5 Å². The van der Waals surface area contributed by atoms with Crippen molar-refractivity contribution in [3.63, 3.8) is 0 Å². The second-order valence-corrected chi connectivity index (χ2v) is 5.66. The smallest absolute Gasteiger partial charge is 0.0367 e. The topological polar surface area (TPSA) is 0 Å². The lowest BCUT2D eigenvalue weighted by atomic mass is 10.00. The average molecular weight is 259 g/mol. The van der Waals surface area contributed by atoms with Crippen LogP contribution in [0.15, 0.2) is 66.7 Å². The molecule has 4 aromatic rings. The summed E-state index contributed by atoms with van der Waals surface area (Å²) in [4.78, 5) is 0. The Morgan fingerprint density at radius 2 is 1.53 bits per heavy atom. The van der Waals surface area contributed by atoms with Crippen LogP contribution in [-0.4, -0.2) is 0 Å². The van der Waals surface area contributed by atoms with Crippen LogP contribution >= 0.6 is 11.3 Å². The van der Waals surface area contributed by atoms with E-state index < -0.39 is 0 Å². The highest BCUT2D eigenvalue weighted by molar-refractivity contribution is 7.25. The van der Waals surface area contributed by atoms with Crippen LogP contribution in [0.2, 0.25) is 0 Å². The predicted molar refractivity (Wildman–Crippen MR) is 83.6 cm³/mol. The van der Waals surface area contributed by atoms with Gasteiger partial charge in [0.15, 0.2) is 0 Å². The molecular weight excluding hydrogens is 248 g/mol. The van der Waals surface area contributed by atoms with Gasteiger partial charge in [-0.3, -0.25) is 0 Å². The average Bonchev–Trinajstić information content (AvgIpc) is 2.86. The van der Waals surface area contributed by atoms with Crippen molar-refractivity contribution < 1.29 is 0 Å². The van der Waals surface area contributed by atoms with Crippen LogP contribution in [0.5, 0.6) is 0 Å². The summed E-state index contributed by atoms with van der Waals surface area (Å²) in [6, 6.07) is 26.6. The monoisotopic (exact) mass is 259 g/mol. The van der Waals surface area contributed by atoms with Crippen molar-refractivity contribution in [3.8, 4) is 11.1 Å². The highest BCUT2D eigenvalue weighted by Crippen LogP contribution is 2.39. The summed E-state index contributed by atoms with van der Waals surface area (Å²) in [5, 5.41) is 2.70. The third-order valence-electron chi connectivity index (χ3n) is 3.42. The van der Waals surface area contributed by atoms with E-state index in [0.717, 1.165) is 0 Å². The molecular formula is C18H11S. The van der Waals surface area contributed by atoms with E-state index in [4.69, 9.17) is 0 Å². The summed E-state index contributed by atoms with van der Waals surface area (Å²) >= 11 is 1.84. The molecule has 0 spiro atoms. The van der Waals surface area contributed by atoms with Gasteiger partial charge in [0.25, 0.3) is 0 Å². The quantitative estimate of drug-likeness (QED) is 0.422. The lowest BCUT2D eigenvalue weighted by Crippen LogP contribution is -1.78. The molecule has 0 amide bonds. The molecule has 3 aromatic carbocycles. The Balaban J connectivity index is 2.17. The van der Waals surface area contributed by atoms with Crippen molar-refractivity contribution in [2.75, 3.05) is 0 Å². The Labute approximate surface area is 115 Å². The van der Waals surface area contributed by atoms with E-state index in [1.54, 1.807) is 0 Å². The molecule has 0 unspecified atom stereocenters. The number of thiophene rings is 1. The van der Waals surface area contributed by atoms with Crippen molar-refractivity contribution in [2.24, 2.45) is 0 Å². The Morgan fingerprint density at radius 1 is 0.737 bits per heavy atom. The molecule has 0 bridgehead atoms. The third-order valence-corrected chi connectivity index (χ3v) is 4.54. The van der Waals surface area contributed by atoms with Gasteiger partial charge in [0.1, 0.15) is 0 Å². The second-order valence-electron chi connectivity index (χ2n) is 4.57. The van der Waals surface area contributed by atoms with Gasteiger partial charge in [-0.15, -0.1) is 11.3 Å². The van der Waals surface area contributed by atoms with Gasteiger partial charge in [-0.2, -0.15) is 0 Å². The van der Waals surface area contributed by atoms with Crippen molar-refractivity contribution in [1.82, 2.24) is 0 Å². The van der Waals surface area contributed by atoms with Crippen LogP contribution in [0.4, 0.5) is 0 Å². The van der Waals surface area contributed by atoms with Gasteiger partial charge < -0.3 is 0 Å². The van der Waals surface area contributed by atoms with Crippen LogP contribution in [0.3, 0.4) is 0 Å². The van der Waals surface area contributed by atoms with E-state index in [0.29, 0.717) is 0 Å². The fourth-order valence-electron chi connectivity index (χ4n) is 2.56. The Hall–Kier alpha value is -2.12. The maximum atomic E-state index is 3.27. The molecule has 1 radical (unpaired) electrons. The van der Waals surface area contributed by atoms with Crippen LogP contribution in [0, 0.1) is 6.07 Å². The first-order valence-electron chi connectivity index (χ1n) is 6.30. The summed E-state index contributed by atoms with van der Waals surface area (Å²) in [7, 11) is 0. The van der Waals surface area contributed by atoms with Crippen LogP contribution < -0.4 is 0 Å². The molecule has 0 nitrogen and oxygen atoms in total. The molecule has 0 fully saturated rings. The van der Waals surface area contributed by atoms with Gasteiger partial charge in [-0.05, 0) is 35.4 Å². The number of hydrogen-bond acceptors (Lipinski definition) is 1. The molecule has 0 atom stereocenters. The molecule has 19 heavy (non-hydrogen) atoms. The maximum Gasteiger partial charge on any atom is 0.0367 e. The molecule has 0 aliphatic heterocycles. The molecule has 89 valence electrons.